The predicted molar refractivity (Wildman–Crippen MR) is 38.8 cm³/mol. The van der Waals surface area contributed by atoms with Gasteiger partial charge in [-0.2, -0.15) is 5.26 Å². The van der Waals surface area contributed by atoms with Crippen molar-refractivity contribution in [3.8, 4) is 6.07 Å². The lowest BCUT2D eigenvalue weighted by atomic mass is 10.3. The van der Waals surface area contributed by atoms with Crippen LogP contribution < -0.4 is 0 Å². The fourth-order valence-corrected chi connectivity index (χ4v) is 1.70. The van der Waals surface area contributed by atoms with Gasteiger partial charge in [-0.05, 0) is 13.0 Å². The highest BCUT2D eigenvalue weighted by Crippen LogP contribution is 2.25. The molecule has 0 amide bonds. The van der Waals surface area contributed by atoms with E-state index in [9.17, 15) is 0 Å². The Hall–Kier alpha value is -0.520. The monoisotopic (exact) mass is 157 g/mol. The van der Waals surface area contributed by atoms with E-state index < -0.39 is 0 Å². The first-order valence-electron chi connectivity index (χ1n) is 2.40. The summed E-state index contributed by atoms with van der Waals surface area (Å²) in [4.78, 5) is 1.08. The fraction of sp³-hybridized carbons (Fsp3) is 0.167. The van der Waals surface area contributed by atoms with Crippen LogP contribution in [0.15, 0.2) is 6.07 Å². The van der Waals surface area contributed by atoms with E-state index in [0.717, 1.165) is 4.88 Å². The number of thiophene rings is 1. The number of nitriles is 1. The van der Waals surface area contributed by atoms with Gasteiger partial charge in [0.05, 0.1) is 5.56 Å². The van der Waals surface area contributed by atoms with Crippen LogP contribution in [0.1, 0.15) is 10.4 Å². The Bertz CT molecular complexity index is 259. The van der Waals surface area contributed by atoms with E-state index in [0.29, 0.717) is 9.90 Å². The summed E-state index contributed by atoms with van der Waals surface area (Å²) in [6.07, 6.45) is 0. The molecule has 0 atom stereocenters. The van der Waals surface area contributed by atoms with E-state index in [1.807, 2.05) is 13.0 Å². The van der Waals surface area contributed by atoms with Gasteiger partial charge in [0.25, 0.3) is 0 Å². The Morgan fingerprint density at radius 1 is 1.78 bits per heavy atom. The smallest absolute Gasteiger partial charge is 0.111 e. The number of hydrogen-bond acceptors (Lipinski definition) is 2. The molecule has 1 aromatic heterocycles. The minimum atomic E-state index is 0.583. The molecule has 0 saturated carbocycles. The molecule has 0 unspecified atom stereocenters. The van der Waals surface area contributed by atoms with Crippen molar-refractivity contribution in [1.29, 1.82) is 5.26 Å². The van der Waals surface area contributed by atoms with Crippen molar-refractivity contribution < 1.29 is 0 Å². The third-order valence-corrected chi connectivity index (χ3v) is 2.20. The van der Waals surface area contributed by atoms with Crippen LogP contribution >= 0.6 is 22.9 Å². The third-order valence-electron chi connectivity index (χ3n) is 0.930. The maximum Gasteiger partial charge on any atom is 0.111 e. The minimum Gasteiger partial charge on any atom is -0.192 e. The highest BCUT2D eigenvalue weighted by Gasteiger charge is 2.01. The van der Waals surface area contributed by atoms with E-state index in [-0.39, 0.29) is 0 Å². The predicted octanol–water partition coefficient (Wildman–Crippen LogP) is 2.58. The molecular formula is C6H4ClNS. The zero-order valence-corrected chi connectivity index (χ0v) is 6.38. The minimum absolute atomic E-state index is 0.583. The summed E-state index contributed by atoms with van der Waals surface area (Å²) in [5.41, 5.74) is 0.583. The maximum atomic E-state index is 8.40. The molecule has 0 N–H and O–H groups in total. The van der Waals surface area contributed by atoms with Crippen molar-refractivity contribution in [1.82, 2.24) is 0 Å². The molecule has 1 rings (SSSR count). The third kappa shape index (κ3) is 1.24. The van der Waals surface area contributed by atoms with E-state index >= 15 is 0 Å². The quantitative estimate of drug-likeness (QED) is 0.568. The molecule has 3 heteroatoms. The van der Waals surface area contributed by atoms with Gasteiger partial charge in [-0.3, -0.25) is 0 Å². The van der Waals surface area contributed by atoms with E-state index in [1.54, 1.807) is 6.07 Å². The van der Waals surface area contributed by atoms with Crippen LogP contribution in [0.5, 0.6) is 0 Å². The molecule has 0 fully saturated rings. The number of aryl methyl sites for hydroxylation is 1. The maximum absolute atomic E-state index is 8.40. The molecule has 0 aliphatic carbocycles. The van der Waals surface area contributed by atoms with Gasteiger partial charge in [-0.1, -0.05) is 11.6 Å². The molecule has 1 heterocycles. The largest absolute Gasteiger partial charge is 0.192 e. The molecule has 0 aromatic carbocycles. The molecule has 1 aromatic rings. The van der Waals surface area contributed by atoms with Crippen LogP contribution in [-0.4, -0.2) is 0 Å². The van der Waals surface area contributed by atoms with Gasteiger partial charge in [0, 0.05) is 4.88 Å². The number of rotatable bonds is 0. The first-order chi connectivity index (χ1) is 4.24. The Morgan fingerprint density at radius 2 is 2.44 bits per heavy atom. The topological polar surface area (TPSA) is 23.8 Å². The molecule has 0 aliphatic rings. The van der Waals surface area contributed by atoms with Crippen molar-refractivity contribution in [2.45, 2.75) is 6.92 Å². The van der Waals surface area contributed by atoms with Crippen LogP contribution in [-0.2, 0) is 0 Å². The molecule has 0 spiro atoms. The Balaban J connectivity index is 3.20. The van der Waals surface area contributed by atoms with Crippen molar-refractivity contribution in [2.24, 2.45) is 0 Å². The van der Waals surface area contributed by atoms with Crippen molar-refractivity contribution >= 4 is 22.9 Å². The summed E-state index contributed by atoms with van der Waals surface area (Å²) in [5, 5.41) is 8.40. The molecule has 9 heavy (non-hydrogen) atoms. The second-order valence-corrected chi connectivity index (χ2v) is 3.51. The van der Waals surface area contributed by atoms with Gasteiger partial charge >= 0.3 is 0 Å². The molecule has 0 radical (unpaired) electrons. The highest BCUT2D eigenvalue weighted by atomic mass is 35.5. The molecule has 1 nitrogen and oxygen atoms in total. The second kappa shape index (κ2) is 2.38. The van der Waals surface area contributed by atoms with Gasteiger partial charge in [0.15, 0.2) is 0 Å². The summed E-state index contributed by atoms with van der Waals surface area (Å²) >= 11 is 7.08. The molecule has 0 aliphatic heterocycles. The zero-order chi connectivity index (χ0) is 6.85. The van der Waals surface area contributed by atoms with Crippen molar-refractivity contribution in [3.63, 3.8) is 0 Å². The number of hydrogen-bond donors (Lipinski definition) is 0. The Labute approximate surface area is 62.5 Å². The lowest BCUT2D eigenvalue weighted by Gasteiger charge is -1.73. The van der Waals surface area contributed by atoms with Gasteiger partial charge in [0.1, 0.15) is 10.4 Å². The van der Waals surface area contributed by atoms with Gasteiger partial charge in [-0.15, -0.1) is 11.3 Å². The Kier molecular flexibility index (Phi) is 1.75. The van der Waals surface area contributed by atoms with Crippen LogP contribution in [0.2, 0.25) is 4.34 Å². The fourth-order valence-electron chi connectivity index (χ4n) is 0.562. The first-order valence-corrected chi connectivity index (χ1v) is 3.59. The second-order valence-electron chi connectivity index (χ2n) is 1.66. The van der Waals surface area contributed by atoms with Gasteiger partial charge in [0.2, 0.25) is 0 Å². The van der Waals surface area contributed by atoms with Crippen molar-refractivity contribution in [3.05, 3.63) is 20.8 Å². The summed E-state index contributed by atoms with van der Waals surface area (Å²) in [7, 11) is 0. The van der Waals surface area contributed by atoms with E-state index in [2.05, 4.69) is 0 Å². The average molecular weight is 158 g/mol. The highest BCUT2D eigenvalue weighted by molar-refractivity contribution is 7.16. The zero-order valence-electron chi connectivity index (χ0n) is 4.81. The first kappa shape index (κ1) is 6.60. The summed E-state index contributed by atoms with van der Waals surface area (Å²) < 4.78 is 0.593. The van der Waals surface area contributed by atoms with E-state index in [1.165, 1.54) is 11.3 Å². The molecule has 0 bridgehead atoms. The lowest BCUT2D eigenvalue weighted by molar-refractivity contribution is 1.50. The van der Waals surface area contributed by atoms with Gasteiger partial charge < -0.3 is 0 Å². The molecular weight excluding hydrogens is 154 g/mol. The summed E-state index contributed by atoms with van der Waals surface area (Å²) in [6.45, 7) is 1.93. The SMILES string of the molecule is Cc1cc(C#N)c(Cl)s1. The Morgan fingerprint density at radius 3 is 2.67 bits per heavy atom. The van der Waals surface area contributed by atoms with Crippen LogP contribution in [0.3, 0.4) is 0 Å². The number of nitrogens with zero attached hydrogens (tertiary/aromatic N) is 1. The summed E-state index contributed by atoms with van der Waals surface area (Å²) in [6, 6.07) is 3.78. The lowest BCUT2D eigenvalue weighted by Crippen LogP contribution is -1.61. The van der Waals surface area contributed by atoms with Crippen molar-refractivity contribution in [2.75, 3.05) is 0 Å². The van der Waals surface area contributed by atoms with Crippen LogP contribution in [0, 0.1) is 18.3 Å². The number of halogens is 1. The van der Waals surface area contributed by atoms with E-state index in [4.69, 9.17) is 16.9 Å². The van der Waals surface area contributed by atoms with Crippen LogP contribution in [0.25, 0.3) is 0 Å². The average Bonchev–Trinajstić information content (AvgIpc) is 2.10. The molecule has 46 valence electrons. The van der Waals surface area contributed by atoms with Gasteiger partial charge in [-0.25, -0.2) is 0 Å². The normalized spacial score (nSPS) is 9.00. The van der Waals surface area contributed by atoms with Crippen LogP contribution in [0.4, 0.5) is 0 Å². The standard InChI is InChI=1S/C6H4ClNS/c1-4-2-5(3-8)6(7)9-4/h2H,1H3. The summed E-state index contributed by atoms with van der Waals surface area (Å²) in [5.74, 6) is 0. The molecule has 0 saturated heterocycles.